The van der Waals surface area contributed by atoms with Gasteiger partial charge in [0.1, 0.15) is 13.2 Å². The topological polar surface area (TPSA) is 78.9 Å². The lowest BCUT2D eigenvalue weighted by Crippen LogP contribution is -2.30. The predicted molar refractivity (Wildman–Crippen MR) is 330 cm³/mol. The molecule has 0 rings (SSSR count). The molecule has 0 aromatic rings. The fraction of sp³-hybridized carbons (Fsp3) is 0.671. The molecule has 0 aromatic carbocycles. The van der Waals surface area contributed by atoms with Crippen LogP contribution in [-0.2, 0) is 28.6 Å². The molecule has 76 heavy (non-hydrogen) atoms. The number of carbonyl (C=O) groups excluding carboxylic acids is 3. The molecule has 0 N–H and O–H groups in total. The summed E-state index contributed by atoms with van der Waals surface area (Å²) in [7, 11) is 0. The molecular formula is C70H116O6. The van der Waals surface area contributed by atoms with Crippen molar-refractivity contribution in [3.05, 3.63) is 122 Å². The molecule has 0 amide bonds. The summed E-state index contributed by atoms with van der Waals surface area (Å²) in [5.74, 6) is -0.925. The molecule has 432 valence electrons. The van der Waals surface area contributed by atoms with Gasteiger partial charge in [0.2, 0.25) is 0 Å². The van der Waals surface area contributed by atoms with Crippen molar-refractivity contribution in [1.29, 1.82) is 0 Å². The van der Waals surface area contributed by atoms with Gasteiger partial charge >= 0.3 is 17.9 Å². The highest BCUT2D eigenvalue weighted by molar-refractivity contribution is 5.71. The summed E-state index contributed by atoms with van der Waals surface area (Å²) in [6.45, 7) is 6.38. The van der Waals surface area contributed by atoms with Crippen LogP contribution in [0.3, 0.4) is 0 Å². The van der Waals surface area contributed by atoms with E-state index in [-0.39, 0.29) is 31.1 Å². The minimum absolute atomic E-state index is 0.0938. The van der Waals surface area contributed by atoms with Gasteiger partial charge < -0.3 is 14.2 Å². The van der Waals surface area contributed by atoms with Crippen molar-refractivity contribution in [1.82, 2.24) is 0 Å². The van der Waals surface area contributed by atoms with Crippen molar-refractivity contribution in [3.8, 4) is 0 Å². The van der Waals surface area contributed by atoms with Crippen LogP contribution in [0.4, 0.5) is 0 Å². The summed E-state index contributed by atoms with van der Waals surface area (Å²) in [6, 6.07) is 0. The molecule has 0 aliphatic rings. The molecule has 0 aliphatic heterocycles. The largest absolute Gasteiger partial charge is 0.462 e. The molecular weight excluding hydrogens is 937 g/mol. The van der Waals surface area contributed by atoms with Gasteiger partial charge in [-0.3, -0.25) is 14.4 Å². The monoisotopic (exact) mass is 1050 g/mol. The van der Waals surface area contributed by atoms with E-state index in [2.05, 4.69) is 142 Å². The highest BCUT2D eigenvalue weighted by Crippen LogP contribution is 2.15. The zero-order valence-electron chi connectivity index (χ0n) is 49.5. The molecule has 0 saturated carbocycles. The van der Waals surface area contributed by atoms with Crippen molar-refractivity contribution >= 4 is 17.9 Å². The molecule has 0 spiro atoms. The van der Waals surface area contributed by atoms with Crippen LogP contribution in [0, 0.1) is 0 Å². The van der Waals surface area contributed by atoms with Crippen molar-refractivity contribution in [2.45, 2.75) is 290 Å². The number of carbonyl (C=O) groups is 3. The highest BCUT2D eigenvalue weighted by Gasteiger charge is 2.19. The standard InChI is InChI=1S/C70H116O6/c1-4-7-10-13-16-19-22-25-28-30-31-32-33-34-35-36-37-38-39-41-42-45-48-51-54-57-60-63-69(72)75-66-67(65-74-68(71)62-59-56-53-50-47-44-27-24-21-18-15-12-9-6-3)76-70(73)64-61-58-55-52-49-46-43-40-29-26-23-20-17-14-11-8-5-2/h7-8,10-11,16-17,19-20,24-29,31-32,34-35,43,46,67H,4-6,9,12-15,18,21-23,30,33,36-42,44-45,47-66H2,1-3H3/b10-7-,11-8-,19-16-,20-17-,27-24-,28-25-,29-26-,32-31-,35-34-,46-43-. The summed E-state index contributed by atoms with van der Waals surface area (Å²) in [6.07, 6.45) is 87.7. The first-order chi connectivity index (χ1) is 37.5. The first-order valence-corrected chi connectivity index (χ1v) is 31.5. The molecule has 1 atom stereocenters. The van der Waals surface area contributed by atoms with Crippen molar-refractivity contribution in [2.75, 3.05) is 13.2 Å². The third kappa shape index (κ3) is 60.7. The van der Waals surface area contributed by atoms with Gasteiger partial charge in [-0.1, -0.05) is 258 Å². The molecule has 1 unspecified atom stereocenters. The summed E-state index contributed by atoms with van der Waals surface area (Å²) in [4.78, 5) is 38.3. The van der Waals surface area contributed by atoms with Gasteiger partial charge in [0.15, 0.2) is 6.10 Å². The van der Waals surface area contributed by atoms with Crippen LogP contribution < -0.4 is 0 Å². The molecule has 0 aliphatic carbocycles. The molecule has 6 nitrogen and oxygen atoms in total. The van der Waals surface area contributed by atoms with E-state index in [4.69, 9.17) is 14.2 Å². The van der Waals surface area contributed by atoms with Crippen molar-refractivity contribution in [3.63, 3.8) is 0 Å². The predicted octanol–water partition coefficient (Wildman–Crippen LogP) is 21.6. The number of esters is 3. The molecule has 0 bridgehead atoms. The average molecular weight is 1050 g/mol. The van der Waals surface area contributed by atoms with Gasteiger partial charge in [0.05, 0.1) is 0 Å². The highest BCUT2D eigenvalue weighted by atomic mass is 16.6. The number of rotatable bonds is 56. The number of hydrogen-bond donors (Lipinski definition) is 0. The van der Waals surface area contributed by atoms with Crippen LogP contribution in [0.25, 0.3) is 0 Å². The van der Waals surface area contributed by atoms with Gasteiger partial charge in [0, 0.05) is 19.3 Å². The zero-order chi connectivity index (χ0) is 55.0. The maximum Gasteiger partial charge on any atom is 0.306 e. The van der Waals surface area contributed by atoms with E-state index in [9.17, 15) is 14.4 Å². The van der Waals surface area contributed by atoms with Crippen LogP contribution >= 0.6 is 0 Å². The second kappa shape index (κ2) is 63.3. The Balaban J connectivity index is 4.36. The van der Waals surface area contributed by atoms with Crippen LogP contribution in [0.1, 0.15) is 284 Å². The van der Waals surface area contributed by atoms with Gasteiger partial charge in [-0.05, 0) is 128 Å². The van der Waals surface area contributed by atoms with E-state index in [0.29, 0.717) is 19.3 Å². The lowest BCUT2D eigenvalue weighted by Gasteiger charge is -2.18. The molecule has 0 aromatic heterocycles. The quantitative estimate of drug-likeness (QED) is 0.0261. The van der Waals surface area contributed by atoms with Gasteiger partial charge in [-0.2, -0.15) is 0 Å². The Kier molecular flexibility index (Phi) is 59.9. The summed E-state index contributed by atoms with van der Waals surface area (Å²) >= 11 is 0. The van der Waals surface area contributed by atoms with Gasteiger partial charge in [-0.15, -0.1) is 0 Å². The summed E-state index contributed by atoms with van der Waals surface area (Å²) in [5.41, 5.74) is 0. The van der Waals surface area contributed by atoms with E-state index < -0.39 is 6.10 Å². The number of unbranched alkanes of at least 4 members (excludes halogenated alkanes) is 25. The van der Waals surface area contributed by atoms with Crippen LogP contribution in [0.2, 0.25) is 0 Å². The van der Waals surface area contributed by atoms with E-state index in [0.717, 1.165) is 135 Å². The minimum Gasteiger partial charge on any atom is -0.462 e. The van der Waals surface area contributed by atoms with E-state index >= 15 is 0 Å². The van der Waals surface area contributed by atoms with Gasteiger partial charge in [0.25, 0.3) is 0 Å². The zero-order valence-corrected chi connectivity index (χ0v) is 49.5. The summed E-state index contributed by atoms with van der Waals surface area (Å²) < 4.78 is 16.9. The maximum absolute atomic E-state index is 12.9. The Bertz CT molecular complexity index is 1590. The molecule has 0 heterocycles. The average Bonchev–Trinajstić information content (AvgIpc) is 3.42. The van der Waals surface area contributed by atoms with Crippen molar-refractivity contribution < 1.29 is 28.6 Å². The third-order valence-corrected chi connectivity index (χ3v) is 13.2. The van der Waals surface area contributed by atoms with E-state index in [1.807, 2.05) is 0 Å². The van der Waals surface area contributed by atoms with E-state index in [1.54, 1.807) is 0 Å². The first-order valence-electron chi connectivity index (χ1n) is 31.5. The molecule has 0 saturated heterocycles. The molecule has 6 heteroatoms. The Morgan fingerprint density at radius 3 is 0.816 bits per heavy atom. The Morgan fingerprint density at radius 1 is 0.276 bits per heavy atom. The summed E-state index contributed by atoms with van der Waals surface area (Å²) in [5, 5.41) is 0. The fourth-order valence-corrected chi connectivity index (χ4v) is 8.51. The Morgan fingerprint density at radius 2 is 0.513 bits per heavy atom. The third-order valence-electron chi connectivity index (χ3n) is 13.2. The smallest absolute Gasteiger partial charge is 0.306 e. The SMILES string of the molecule is CC/C=C\C/C=C\C/C=C\C/C=C\C/C=C\CCCCCCCCCCCCCC(=O)OCC(COC(=O)CCCCCCC/C=C\CCCCCCC)OC(=O)CCCCCC/C=C\C/C=C\C/C=C\C/C=C\CC. The van der Waals surface area contributed by atoms with E-state index in [1.165, 1.54) is 109 Å². The molecule has 0 radical (unpaired) electrons. The normalized spacial score (nSPS) is 12.9. The second-order valence-electron chi connectivity index (χ2n) is 20.5. The van der Waals surface area contributed by atoms with Crippen molar-refractivity contribution in [2.24, 2.45) is 0 Å². The van der Waals surface area contributed by atoms with Crippen LogP contribution in [0.15, 0.2) is 122 Å². The lowest BCUT2D eigenvalue weighted by molar-refractivity contribution is -0.167. The van der Waals surface area contributed by atoms with Gasteiger partial charge in [-0.25, -0.2) is 0 Å². The first kappa shape index (κ1) is 71.8. The fourth-order valence-electron chi connectivity index (χ4n) is 8.51. The number of ether oxygens (including phenoxy) is 3. The Labute approximate surface area is 469 Å². The lowest BCUT2D eigenvalue weighted by atomic mass is 10.0. The second-order valence-corrected chi connectivity index (χ2v) is 20.5. The number of hydrogen-bond acceptors (Lipinski definition) is 6. The maximum atomic E-state index is 12.9. The minimum atomic E-state index is -0.799. The van der Waals surface area contributed by atoms with Crippen LogP contribution in [-0.4, -0.2) is 37.2 Å². The molecule has 0 fully saturated rings. The Hall–Kier alpha value is -4.19. The van der Waals surface area contributed by atoms with Crippen LogP contribution in [0.5, 0.6) is 0 Å². The number of allylic oxidation sites excluding steroid dienone is 20.